The molecule has 0 saturated carbocycles. The number of hydrogen-bond donors (Lipinski definition) is 1. The average molecular weight is 249 g/mol. The third kappa shape index (κ3) is 3.23. The van der Waals surface area contributed by atoms with Gasteiger partial charge in [-0.15, -0.1) is 0 Å². The molecular formula is C14H19NO3. The van der Waals surface area contributed by atoms with Crippen molar-refractivity contribution < 1.29 is 14.3 Å². The van der Waals surface area contributed by atoms with Gasteiger partial charge in [0.1, 0.15) is 12.6 Å². The van der Waals surface area contributed by atoms with Crippen molar-refractivity contribution in [3.8, 4) is 0 Å². The summed E-state index contributed by atoms with van der Waals surface area (Å²) in [6.45, 7) is 3.56. The number of carbonyl (C=O) groups is 1. The maximum atomic E-state index is 11.8. The molecule has 0 spiro atoms. The fourth-order valence-corrected chi connectivity index (χ4v) is 1.99. The van der Waals surface area contributed by atoms with Crippen LogP contribution in [-0.4, -0.2) is 31.8 Å². The SMILES string of the molecule is CCCOCCOC(=O)[C@@H]1Cc2ccccc2N1. The van der Waals surface area contributed by atoms with Crippen molar-refractivity contribution in [3.05, 3.63) is 29.8 Å². The van der Waals surface area contributed by atoms with E-state index in [1.54, 1.807) is 0 Å². The van der Waals surface area contributed by atoms with Gasteiger partial charge < -0.3 is 14.8 Å². The summed E-state index contributed by atoms with van der Waals surface area (Å²) < 4.78 is 10.4. The molecule has 0 fully saturated rings. The molecule has 0 aromatic heterocycles. The van der Waals surface area contributed by atoms with Gasteiger partial charge in [0.15, 0.2) is 0 Å². The molecule has 1 aromatic carbocycles. The van der Waals surface area contributed by atoms with Crippen LogP contribution in [0.1, 0.15) is 18.9 Å². The summed E-state index contributed by atoms with van der Waals surface area (Å²) in [4.78, 5) is 11.8. The molecule has 1 aliphatic rings. The van der Waals surface area contributed by atoms with Crippen LogP contribution in [0.2, 0.25) is 0 Å². The third-order valence-corrected chi connectivity index (χ3v) is 2.88. The maximum Gasteiger partial charge on any atom is 0.328 e. The highest BCUT2D eigenvalue weighted by Crippen LogP contribution is 2.25. The zero-order valence-corrected chi connectivity index (χ0v) is 10.6. The van der Waals surface area contributed by atoms with E-state index in [0.717, 1.165) is 12.1 Å². The van der Waals surface area contributed by atoms with Crippen molar-refractivity contribution in [1.29, 1.82) is 0 Å². The minimum absolute atomic E-state index is 0.203. The molecule has 98 valence electrons. The van der Waals surface area contributed by atoms with Crippen LogP contribution in [0.5, 0.6) is 0 Å². The first kappa shape index (κ1) is 12.9. The van der Waals surface area contributed by atoms with Crippen molar-refractivity contribution in [2.75, 3.05) is 25.1 Å². The number of hydrogen-bond acceptors (Lipinski definition) is 4. The highest BCUT2D eigenvalue weighted by molar-refractivity contribution is 5.82. The van der Waals surface area contributed by atoms with Crippen LogP contribution in [0.25, 0.3) is 0 Å². The largest absolute Gasteiger partial charge is 0.462 e. The number of rotatable bonds is 6. The second kappa shape index (κ2) is 6.40. The fraction of sp³-hybridized carbons (Fsp3) is 0.500. The molecule has 1 aliphatic heterocycles. The Morgan fingerprint density at radius 2 is 2.17 bits per heavy atom. The van der Waals surface area contributed by atoms with Gasteiger partial charge in [0.2, 0.25) is 0 Å². The van der Waals surface area contributed by atoms with Gasteiger partial charge in [-0.1, -0.05) is 25.1 Å². The summed E-state index contributed by atoms with van der Waals surface area (Å²) in [5.74, 6) is -0.203. The van der Waals surface area contributed by atoms with Gasteiger partial charge in [-0.3, -0.25) is 0 Å². The van der Waals surface area contributed by atoms with E-state index in [0.29, 0.717) is 26.2 Å². The molecule has 0 aliphatic carbocycles. The molecule has 4 heteroatoms. The van der Waals surface area contributed by atoms with E-state index in [-0.39, 0.29) is 12.0 Å². The molecule has 0 bridgehead atoms. The van der Waals surface area contributed by atoms with Gasteiger partial charge in [-0.05, 0) is 18.1 Å². The quantitative estimate of drug-likeness (QED) is 0.618. The molecule has 2 rings (SSSR count). The highest BCUT2D eigenvalue weighted by atomic mass is 16.6. The molecule has 0 amide bonds. The minimum atomic E-state index is -0.256. The number of anilines is 1. The minimum Gasteiger partial charge on any atom is -0.462 e. The monoisotopic (exact) mass is 249 g/mol. The van der Waals surface area contributed by atoms with Crippen LogP contribution < -0.4 is 5.32 Å². The molecule has 4 nitrogen and oxygen atoms in total. The van der Waals surface area contributed by atoms with Gasteiger partial charge >= 0.3 is 5.97 Å². The molecule has 0 radical (unpaired) electrons. The van der Waals surface area contributed by atoms with E-state index in [9.17, 15) is 4.79 Å². The second-order valence-electron chi connectivity index (χ2n) is 4.34. The first-order chi connectivity index (χ1) is 8.81. The third-order valence-electron chi connectivity index (χ3n) is 2.88. The van der Waals surface area contributed by atoms with E-state index >= 15 is 0 Å². The van der Waals surface area contributed by atoms with Gasteiger partial charge in [-0.2, -0.15) is 0 Å². The van der Waals surface area contributed by atoms with E-state index in [2.05, 4.69) is 5.32 Å². The molecule has 18 heavy (non-hydrogen) atoms. The summed E-state index contributed by atoms with van der Waals surface area (Å²) in [6, 6.07) is 7.69. The van der Waals surface area contributed by atoms with E-state index < -0.39 is 0 Å². The van der Waals surface area contributed by atoms with E-state index in [1.807, 2.05) is 31.2 Å². The van der Waals surface area contributed by atoms with Crippen molar-refractivity contribution >= 4 is 11.7 Å². The van der Waals surface area contributed by atoms with Crippen LogP contribution in [0, 0.1) is 0 Å². The lowest BCUT2D eigenvalue weighted by Gasteiger charge is -2.11. The first-order valence-electron chi connectivity index (χ1n) is 6.40. The van der Waals surface area contributed by atoms with Crippen molar-refractivity contribution in [2.24, 2.45) is 0 Å². The molecule has 1 atom stereocenters. The number of benzene rings is 1. The van der Waals surface area contributed by atoms with Crippen molar-refractivity contribution in [1.82, 2.24) is 0 Å². The zero-order chi connectivity index (χ0) is 12.8. The lowest BCUT2D eigenvalue weighted by molar-refractivity contribution is -0.145. The lowest BCUT2D eigenvalue weighted by Crippen LogP contribution is -2.30. The highest BCUT2D eigenvalue weighted by Gasteiger charge is 2.27. The normalized spacial score (nSPS) is 17.1. The maximum absolute atomic E-state index is 11.8. The molecule has 1 N–H and O–H groups in total. The number of fused-ring (bicyclic) bond motifs is 1. The Hall–Kier alpha value is -1.55. The summed E-state index contributed by atoms with van der Waals surface area (Å²) in [5, 5.41) is 3.17. The number of esters is 1. The molecule has 0 saturated heterocycles. The Morgan fingerprint density at radius 3 is 2.94 bits per heavy atom. The Balaban J connectivity index is 1.72. The number of nitrogens with one attached hydrogen (secondary N) is 1. The standard InChI is InChI=1S/C14H19NO3/c1-2-7-17-8-9-18-14(16)13-10-11-5-3-4-6-12(11)15-13/h3-6,13,15H,2,7-10H2,1H3/t13-/m0/s1. The second-order valence-corrected chi connectivity index (χ2v) is 4.34. The van der Waals surface area contributed by atoms with Gasteiger partial charge in [0.25, 0.3) is 0 Å². The Bertz CT molecular complexity index is 381. The van der Waals surface area contributed by atoms with Gasteiger partial charge in [-0.25, -0.2) is 4.79 Å². The first-order valence-corrected chi connectivity index (χ1v) is 6.40. The molecule has 1 aromatic rings. The van der Waals surface area contributed by atoms with Crippen LogP contribution >= 0.6 is 0 Å². The number of carbonyl (C=O) groups excluding carboxylic acids is 1. The van der Waals surface area contributed by atoms with E-state index in [4.69, 9.17) is 9.47 Å². The molecular weight excluding hydrogens is 230 g/mol. The topological polar surface area (TPSA) is 47.6 Å². The number of ether oxygens (including phenoxy) is 2. The van der Waals surface area contributed by atoms with Crippen molar-refractivity contribution in [2.45, 2.75) is 25.8 Å². The van der Waals surface area contributed by atoms with Crippen molar-refractivity contribution in [3.63, 3.8) is 0 Å². The van der Waals surface area contributed by atoms with E-state index in [1.165, 1.54) is 5.56 Å². The van der Waals surface area contributed by atoms with Crippen LogP contribution in [0.3, 0.4) is 0 Å². The summed E-state index contributed by atoms with van der Waals surface area (Å²) in [7, 11) is 0. The summed E-state index contributed by atoms with van der Waals surface area (Å²) in [5.41, 5.74) is 2.20. The Morgan fingerprint density at radius 1 is 1.33 bits per heavy atom. The predicted molar refractivity (Wildman–Crippen MR) is 69.6 cm³/mol. The van der Waals surface area contributed by atoms with Crippen LogP contribution in [0.15, 0.2) is 24.3 Å². The van der Waals surface area contributed by atoms with Gasteiger partial charge in [0, 0.05) is 18.7 Å². The molecule has 0 unspecified atom stereocenters. The molecule has 1 heterocycles. The Labute approximate surface area is 107 Å². The zero-order valence-electron chi connectivity index (χ0n) is 10.6. The average Bonchev–Trinajstić information content (AvgIpc) is 2.82. The predicted octanol–water partition coefficient (Wildman–Crippen LogP) is 1.99. The van der Waals surface area contributed by atoms with Crippen LogP contribution in [0.4, 0.5) is 5.69 Å². The lowest BCUT2D eigenvalue weighted by atomic mass is 10.1. The van der Waals surface area contributed by atoms with Crippen LogP contribution in [-0.2, 0) is 20.7 Å². The smallest absolute Gasteiger partial charge is 0.328 e. The summed E-state index contributed by atoms with van der Waals surface area (Å²) in [6.07, 6.45) is 1.68. The number of para-hydroxylation sites is 1. The summed E-state index contributed by atoms with van der Waals surface area (Å²) >= 11 is 0. The Kier molecular flexibility index (Phi) is 4.59. The van der Waals surface area contributed by atoms with Gasteiger partial charge in [0.05, 0.1) is 6.61 Å². The fourth-order valence-electron chi connectivity index (χ4n) is 1.99.